The van der Waals surface area contributed by atoms with Gasteiger partial charge in [0, 0.05) is 0 Å². The second-order valence-electron chi connectivity index (χ2n) is 4.71. The lowest BCUT2D eigenvalue weighted by Crippen LogP contribution is -2.65. The summed E-state index contributed by atoms with van der Waals surface area (Å²) in [5.74, 6) is 0. The van der Waals surface area contributed by atoms with Crippen molar-refractivity contribution in [1.29, 1.82) is 0 Å². The normalized spacial score (nSPS) is 30.5. The van der Waals surface area contributed by atoms with E-state index in [4.69, 9.17) is 5.73 Å². The highest BCUT2D eigenvalue weighted by Crippen LogP contribution is 2.61. The first-order valence-corrected chi connectivity index (χ1v) is 4.73. The van der Waals surface area contributed by atoms with Crippen LogP contribution in [0.1, 0.15) is 38.5 Å². The van der Waals surface area contributed by atoms with Crippen molar-refractivity contribution in [3.05, 3.63) is 0 Å². The first-order valence-electron chi connectivity index (χ1n) is 4.73. The minimum absolute atomic E-state index is 0.0374. The molecule has 0 saturated heterocycles. The highest BCUT2D eigenvalue weighted by Gasteiger charge is 2.65. The number of nitrogens with two attached hydrogens (primary N) is 1. The average Bonchev–Trinajstić information content (AvgIpc) is 2.32. The van der Waals surface area contributed by atoms with Gasteiger partial charge >= 0.3 is 6.18 Å². The van der Waals surface area contributed by atoms with Crippen LogP contribution in [0, 0.1) is 5.41 Å². The van der Waals surface area contributed by atoms with E-state index < -0.39 is 11.7 Å². The molecule has 0 radical (unpaired) electrons. The van der Waals surface area contributed by atoms with Gasteiger partial charge in [-0.25, -0.2) is 0 Å². The predicted octanol–water partition coefficient (Wildman–Crippen LogP) is 2.60. The number of alkyl halides is 3. The molecule has 0 aromatic carbocycles. The average molecular weight is 193 g/mol. The summed E-state index contributed by atoms with van der Waals surface area (Å²) in [4.78, 5) is 0. The summed E-state index contributed by atoms with van der Waals surface area (Å²) in [7, 11) is 0. The van der Waals surface area contributed by atoms with Crippen LogP contribution in [0.5, 0.6) is 0 Å². The summed E-state index contributed by atoms with van der Waals surface area (Å²) in [6.07, 6.45) is 0.153. The van der Waals surface area contributed by atoms with E-state index in [2.05, 4.69) is 0 Å². The minimum atomic E-state index is -4.21. The van der Waals surface area contributed by atoms with E-state index in [0.29, 0.717) is 0 Å². The quantitative estimate of drug-likeness (QED) is 0.628. The number of halogens is 3. The summed E-state index contributed by atoms with van der Waals surface area (Å²) in [6, 6.07) is 0. The molecule has 0 aromatic rings. The first-order chi connectivity index (χ1) is 5.87. The van der Waals surface area contributed by atoms with Gasteiger partial charge in [0.25, 0.3) is 0 Å². The molecule has 0 heterocycles. The van der Waals surface area contributed by atoms with Gasteiger partial charge in [-0.1, -0.05) is 12.8 Å². The Morgan fingerprint density at radius 3 is 1.85 bits per heavy atom. The molecule has 0 bridgehead atoms. The smallest absolute Gasteiger partial charge is 0.318 e. The van der Waals surface area contributed by atoms with Crippen molar-refractivity contribution < 1.29 is 13.2 Å². The lowest BCUT2D eigenvalue weighted by atomic mass is 9.56. The Morgan fingerprint density at radius 1 is 1.00 bits per heavy atom. The number of hydrogen-bond donors (Lipinski definition) is 1. The molecule has 76 valence electrons. The Bertz CT molecular complexity index is 207. The van der Waals surface area contributed by atoms with Crippen LogP contribution in [0.3, 0.4) is 0 Å². The van der Waals surface area contributed by atoms with E-state index in [0.717, 1.165) is 25.7 Å². The van der Waals surface area contributed by atoms with Crippen LogP contribution in [0.15, 0.2) is 0 Å². The lowest BCUT2D eigenvalue weighted by molar-refractivity contribution is -0.234. The van der Waals surface area contributed by atoms with Crippen molar-refractivity contribution in [3.8, 4) is 0 Å². The fourth-order valence-corrected chi connectivity index (χ4v) is 2.97. The summed E-state index contributed by atoms with van der Waals surface area (Å²) in [6.45, 7) is 0. The summed E-state index contributed by atoms with van der Waals surface area (Å²) in [5.41, 5.74) is 3.41. The number of rotatable bonds is 0. The Morgan fingerprint density at radius 2 is 1.46 bits per heavy atom. The van der Waals surface area contributed by atoms with Gasteiger partial charge in [-0.2, -0.15) is 13.2 Å². The van der Waals surface area contributed by atoms with Gasteiger partial charge in [-0.15, -0.1) is 0 Å². The molecule has 0 aromatic heterocycles. The van der Waals surface area contributed by atoms with Crippen LogP contribution in [-0.2, 0) is 0 Å². The maximum absolute atomic E-state index is 12.4. The molecule has 2 aliphatic rings. The van der Waals surface area contributed by atoms with Gasteiger partial charge < -0.3 is 5.73 Å². The minimum Gasteiger partial charge on any atom is -0.318 e. The summed E-state index contributed by atoms with van der Waals surface area (Å²) >= 11 is 0. The molecule has 4 heteroatoms. The van der Waals surface area contributed by atoms with E-state index in [1.807, 2.05) is 0 Å². The van der Waals surface area contributed by atoms with Crippen molar-refractivity contribution in [2.75, 3.05) is 0 Å². The first kappa shape index (κ1) is 9.31. The summed E-state index contributed by atoms with van der Waals surface area (Å²) in [5, 5.41) is 0. The van der Waals surface area contributed by atoms with Crippen molar-refractivity contribution in [2.45, 2.75) is 50.2 Å². The third kappa shape index (κ3) is 1.26. The molecular formula is C9H14F3N. The molecular weight excluding hydrogens is 179 g/mol. The van der Waals surface area contributed by atoms with E-state index in [-0.39, 0.29) is 18.3 Å². The van der Waals surface area contributed by atoms with Crippen LogP contribution < -0.4 is 5.73 Å². The fourth-order valence-electron chi connectivity index (χ4n) is 2.97. The molecule has 2 fully saturated rings. The Balaban J connectivity index is 2.03. The Labute approximate surface area is 75.5 Å². The SMILES string of the molecule is NC1(C(F)(F)F)CC2(CCCC2)C1. The van der Waals surface area contributed by atoms with E-state index in [9.17, 15) is 13.2 Å². The fraction of sp³-hybridized carbons (Fsp3) is 1.00. The Hall–Kier alpha value is -0.250. The van der Waals surface area contributed by atoms with Crippen molar-refractivity contribution in [2.24, 2.45) is 11.1 Å². The highest BCUT2D eigenvalue weighted by molar-refractivity contribution is 5.12. The molecule has 0 amide bonds. The molecule has 2 N–H and O–H groups in total. The molecule has 0 unspecified atom stereocenters. The van der Waals surface area contributed by atoms with Crippen molar-refractivity contribution in [1.82, 2.24) is 0 Å². The van der Waals surface area contributed by atoms with Gasteiger partial charge in [0.15, 0.2) is 0 Å². The number of hydrogen-bond acceptors (Lipinski definition) is 1. The molecule has 2 aliphatic carbocycles. The van der Waals surface area contributed by atoms with Gasteiger partial charge in [0.05, 0.1) is 0 Å². The highest BCUT2D eigenvalue weighted by atomic mass is 19.4. The molecule has 0 aliphatic heterocycles. The second kappa shape index (κ2) is 2.41. The van der Waals surface area contributed by atoms with Crippen LogP contribution >= 0.6 is 0 Å². The zero-order valence-electron chi connectivity index (χ0n) is 7.45. The van der Waals surface area contributed by atoms with Gasteiger partial charge in [-0.3, -0.25) is 0 Å². The topological polar surface area (TPSA) is 26.0 Å². The molecule has 2 saturated carbocycles. The predicted molar refractivity (Wildman–Crippen MR) is 43.1 cm³/mol. The van der Waals surface area contributed by atoms with Crippen LogP contribution in [0.4, 0.5) is 13.2 Å². The largest absolute Gasteiger partial charge is 0.406 e. The van der Waals surface area contributed by atoms with Crippen molar-refractivity contribution >= 4 is 0 Å². The molecule has 13 heavy (non-hydrogen) atoms. The third-order valence-corrected chi connectivity index (χ3v) is 3.61. The van der Waals surface area contributed by atoms with Crippen LogP contribution in [0.25, 0.3) is 0 Å². The zero-order chi connectivity index (χ0) is 9.74. The Kier molecular flexibility index (Phi) is 1.72. The van der Waals surface area contributed by atoms with Crippen molar-refractivity contribution in [3.63, 3.8) is 0 Å². The van der Waals surface area contributed by atoms with E-state index >= 15 is 0 Å². The van der Waals surface area contributed by atoms with Gasteiger partial charge in [0.2, 0.25) is 0 Å². The van der Waals surface area contributed by atoms with E-state index in [1.54, 1.807) is 0 Å². The lowest BCUT2D eigenvalue weighted by Gasteiger charge is -2.53. The van der Waals surface area contributed by atoms with Gasteiger partial charge in [0.1, 0.15) is 5.54 Å². The third-order valence-electron chi connectivity index (χ3n) is 3.61. The second-order valence-corrected chi connectivity index (χ2v) is 4.71. The van der Waals surface area contributed by atoms with Crippen LogP contribution in [-0.4, -0.2) is 11.7 Å². The summed E-state index contributed by atoms with van der Waals surface area (Å²) < 4.78 is 37.2. The monoisotopic (exact) mass is 193 g/mol. The zero-order valence-corrected chi connectivity index (χ0v) is 7.45. The molecule has 0 atom stereocenters. The molecule has 1 spiro atoms. The maximum atomic E-state index is 12.4. The van der Waals surface area contributed by atoms with E-state index in [1.165, 1.54) is 0 Å². The molecule has 1 nitrogen and oxygen atoms in total. The standard InChI is InChI=1S/C9H14F3N/c10-9(11,12)8(13)5-7(6-8)3-1-2-4-7/h1-6,13H2. The maximum Gasteiger partial charge on any atom is 0.406 e. The molecule has 2 rings (SSSR count). The van der Waals surface area contributed by atoms with Crippen LogP contribution in [0.2, 0.25) is 0 Å². The van der Waals surface area contributed by atoms with Gasteiger partial charge in [-0.05, 0) is 31.1 Å².